The molecule has 0 saturated carbocycles. The van der Waals surface area contributed by atoms with Gasteiger partial charge in [-0.1, -0.05) is 53.0 Å². The van der Waals surface area contributed by atoms with E-state index in [1.165, 1.54) is 12.1 Å². The van der Waals surface area contributed by atoms with E-state index in [-0.39, 0.29) is 28.8 Å². The molecule has 2 aromatic carbocycles. The van der Waals surface area contributed by atoms with E-state index in [4.69, 9.17) is 39.5 Å². The third-order valence-electron chi connectivity index (χ3n) is 4.30. The van der Waals surface area contributed by atoms with Crippen LogP contribution in [0.15, 0.2) is 53.3 Å². The van der Waals surface area contributed by atoms with Crippen molar-refractivity contribution in [3.8, 4) is 17.1 Å². The van der Waals surface area contributed by atoms with E-state index >= 15 is 0 Å². The first kappa shape index (κ1) is 21.2. The predicted molar refractivity (Wildman–Crippen MR) is 115 cm³/mol. The van der Waals surface area contributed by atoms with Crippen LogP contribution in [0.1, 0.15) is 22.8 Å². The lowest BCUT2D eigenvalue weighted by Gasteiger charge is -2.20. The summed E-state index contributed by atoms with van der Waals surface area (Å²) in [4.78, 5) is 24.4. The fourth-order valence-electron chi connectivity index (χ4n) is 2.95. The summed E-state index contributed by atoms with van der Waals surface area (Å²) in [7, 11) is 0. The Morgan fingerprint density at radius 1 is 1.03 bits per heavy atom. The maximum Gasteiger partial charge on any atom is 0.341 e. The van der Waals surface area contributed by atoms with Gasteiger partial charge in [-0.05, 0) is 36.8 Å². The highest BCUT2D eigenvalue weighted by molar-refractivity contribution is 6.42. The molecular weight excluding hydrogens is 437 g/mol. The number of hydrogen-bond donors (Lipinski definition) is 1. The highest BCUT2D eigenvalue weighted by Gasteiger charge is 2.23. The van der Waals surface area contributed by atoms with Crippen molar-refractivity contribution < 1.29 is 14.6 Å². The Kier molecular flexibility index (Phi) is 6.52. The number of rotatable bonds is 6. The van der Waals surface area contributed by atoms with E-state index in [9.17, 15) is 14.7 Å². The van der Waals surface area contributed by atoms with E-state index < -0.39 is 11.4 Å². The minimum absolute atomic E-state index is 0.184. The summed E-state index contributed by atoms with van der Waals surface area (Å²) in [6.45, 7) is 2.38. The molecule has 0 aliphatic rings. The summed E-state index contributed by atoms with van der Waals surface area (Å²) >= 11 is 18.0. The van der Waals surface area contributed by atoms with Gasteiger partial charge in [-0.2, -0.15) is 0 Å². The second-order valence-electron chi connectivity index (χ2n) is 6.16. The van der Waals surface area contributed by atoms with Gasteiger partial charge in [-0.3, -0.25) is 4.79 Å². The minimum atomic E-state index is -1.33. The van der Waals surface area contributed by atoms with Crippen molar-refractivity contribution in [3.63, 3.8) is 0 Å². The van der Waals surface area contributed by atoms with Gasteiger partial charge in [-0.15, -0.1) is 0 Å². The maximum atomic E-state index is 12.6. The lowest BCUT2D eigenvalue weighted by molar-refractivity contribution is 0.0695. The number of aromatic carboxylic acids is 1. The summed E-state index contributed by atoms with van der Waals surface area (Å²) < 4.78 is 7.48. The van der Waals surface area contributed by atoms with Crippen molar-refractivity contribution in [1.82, 2.24) is 4.57 Å². The third-order valence-corrected chi connectivity index (χ3v) is 5.29. The summed E-state index contributed by atoms with van der Waals surface area (Å²) in [6.07, 6.45) is 0. The van der Waals surface area contributed by atoms with Crippen LogP contribution in [0.4, 0.5) is 0 Å². The van der Waals surface area contributed by atoms with Gasteiger partial charge in [0.05, 0.1) is 15.7 Å². The number of carbonyl (C=O) groups is 1. The molecular formula is C21H16Cl3NO4. The monoisotopic (exact) mass is 451 g/mol. The number of carboxylic acid groups (broad SMARTS) is 1. The van der Waals surface area contributed by atoms with Crippen molar-refractivity contribution >= 4 is 40.8 Å². The zero-order chi connectivity index (χ0) is 21.1. The fourth-order valence-corrected chi connectivity index (χ4v) is 3.37. The van der Waals surface area contributed by atoms with Crippen LogP contribution in [0, 0.1) is 0 Å². The number of pyridine rings is 1. The SMILES string of the molecule is CCn1c(OCc2ccc(Cl)cc2)cc(=O)c(C(=O)O)c1-c1ccc(Cl)c(Cl)c1. The summed E-state index contributed by atoms with van der Waals surface area (Å²) in [6, 6.07) is 13.0. The molecule has 0 fully saturated rings. The van der Waals surface area contributed by atoms with Crippen molar-refractivity contribution in [2.24, 2.45) is 0 Å². The van der Waals surface area contributed by atoms with Gasteiger partial charge in [0.2, 0.25) is 5.43 Å². The molecule has 150 valence electrons. The smallest absolute Gasteiger partial charge is 0.341 e. The number of aromatic nitrogens is 1. The molecule has 0 radical (unpaired) electrons. The normalized spacial score (nSPS) is 10.8. The highest BCUT2D eigenvalue weighted by atomic mass is 35.5. The zero-order valence-electron chi connectivity index (χ0n) is 15.3. The molecule has 0 aliphatic heterocycles. The van der Waals surface area contributed by atoms with Crippen LogP contribution in [0.2, 0.25) is 15.1 Å². The molecule has 1 aromatic heterocycles. The van der Waals surface area contributed by atoms with Gasteiger partial charge in [-0.25, -0.2) is 4.79 Å². The molecule has 1 N–H and O–H groups in total. The molecule has 0 saturated heterocycles. The molecule has 29 heavy (non-hydrogen) atoms. The topological polar surface area (TPSA) is 68.5 Å². The molecule has 0 amide bonds. The van der Waals surface area contributed by atoms with Gasteiger partial charge < -0.3 is 14.4 Å². The first-order chi connectivity index (χ1) is 13.8. The molecule has 3 rings (SSSR count). The fraction of sp³-hybridized carbons (Fsp3) is 0.143. The minimum Gasteiger partial charge on any atom is -0.477 e. The van der Waals surface area contributed by atoms with E-state index in [0.717, 1.165) is 5.56 Å². The number of hydrogen-bond acceptors (Lipinski definition) is 3. The molecule has 1 heterocycles. The van der Waals surface area contributed by atoms with Crippen LogP contribution in [0.25, 0.3) is 11.3 Å². The molecule has 0 bridgehead atoms. The Balaban J connectivity index is 2.14. The average Bonchev–Trinajstić information content (AvgIpc) is 2.68. The van der Waals surface area contributed by atoms with E-state index in [0.29, 0.717) is 22.2 Å². The number of ether oxygens (including phenoxy) is 1. The van der Waals surface area contributed by atoms with E-state index in [2.05, 4.69) is 0 Å². The number of nitrogens with zero attached hydrogens (tertiary/aromatic N) is 1. The first-order valence-electron chi connectivity index (χ1n) is 8.65. The van der Waals surface area contributed by atoms with Gasteiger partial charge >= 0.3 is 5.97 Å². The lowest BCUT2D eigenvalue weighted by atomic mass is 10.0. The number of carboxylic acids is 1. The van der Waals surface area contributed by atoms with Gasteiger partial charge in [0, 0.05) is 23.2 Å². The van der Waals surface area contributed by atoms with Crippen LogP contribution in [0.5, 0.6) is 5.88 Å². The molecule has 0 unspecified atom stereocenters. The molecule has 8 heteroatoms. The largest absolute Gasteiger partial charge is 0.477 e. The lowest BCUT2D eigenvalue weighted by Crippen LogP contribution is -2.22. The summed E-state index contributed by atoms with van der Waals surface area (Å²) in [5.74, 6) is -1.08. The second-order valence-corrected chi connectivity index (χ2v) is 7.41. The van der Waals surface area contributed by atoms with Gasteiger partial charge in [0.15, 0.2) is 5.88 Å². The van der Waals surface area contributed by atoms with Crippen molar-refractivity contribution in [2.75, 3.05) is 0 Å². The van der Waals surface area contributed by atoms with Gasteiger partial charge in [0.1, 0.15) is 12.2 Å². The number of benzene rings is 2. The Morgan fingerprint density at radius 2 is 1.72 bits per heavy atom. The quantitative estimate of drug-likeness (QED) is 0.515. The Hall–Kier alpha value is -2.47. The Morgan fingerprint density at radius 3 is 2.31 bits per heavy atom. The summed E-state index contributed by atoms with van der Waals surface area (Å²) in [5.41, 5.74) is 0.492. The van der Waals surface area contributed by atoms with Crippen molar-refractivity contribution in [2.45, 2.75) is 20.1 Å². The molecule has 0 spiro atoms. The van der Waals surface area contributed by atoms with E-state index in [1.54, 1.807) is 28.8 Å². The standard InChI is InChI=1S/C21H16Cl3NO4/c1-2-25-18(29-11-12-3-6-14(22)7-4-12)10-17(26)19(21(27)28)20(25)13-5-8-15(23)16(24)9-13/h3-10H,2,11H2,1H3,(H,27,28). The van der Waals surface area contributed by atoms with Crippen LogP contribution in [-0.4, -0.2) is 15.6 Å². The first-order valence-corrected chi connectivity index (χ1v) is 9.79. The Labute approximate surface area is 182 Å². The predicted octanol–water partition coefficient (Wildman–Crippen LogP) is 5.77. The summed E-state index contributed by atoms with van der Waals surface area (Å²) in [5, 5.41) is 10.8. The molecule has 0 aliphatic carbocycles. The van der Waals surface area contributed by atoms with E-state index in [1.807, 2.05) is 19.1 Å². The highest BCUT2D eigenvalue weighted by Crippen LogP contribution is 2.32. The van der Waals surface area contributed by atoms with Crippen LogP contribution < -0.4 is 10.2 Å². The van der Waals surface area contributed by atoms with Crippen LogP contribution >= 0.6 is 34.8 Å². The van der Waals surface area contributed by atoms with Crippen molar-refractivity contribution in [1.29, 1.82) is 0 Å². The van der Waals surface area contributed by atoms with Crippen LogP contribution in [0.3, 0.4) is 0 Å². The molecule has 0 atom stereocenters. The van der Waals surface area contributed by atoms with Crippen LogP contribution in [-0.2, 0) is 13.2 Å². The second kappa shape index (κ2) is 8.91. The zero-order valence-corrected chi connectivity index (χ0v) is 17.6. The Bertz CT molecular complexity index is 1120. The number of halogens is 3. The third kappa shape index (κ3) is 4.58. The van der Waals surface area contributed by atoms with Gasteiger partial charge in [0.25, 0.3) is 0 Å². The molecule has 3 aromatic rings. The van der Waals surface area contributed by atoms with Crippen molar-refractivity contribution in [3.05, 3.63) is 84.9 Å². The average molecular weight is 453 g/mol. The maximum absolute atomic E-state index is 12.6. The molecule has 5 nitrogen and oxygen atoms in total.